The summed E-state index contributed by atoms with van der Waals surface area (Å²) in [5.74, 6) is 1.20. The summed E-state index contributed by atoms with van der Waals surface area (Å²) in [7, 11) is 0. The Labute approximate surface area is 223 Å². The molecule has 0 aliphatic carbocycles. The van der Waals surface area contributed by atoms with Crippen LogP contribution in [0.3, 0.4) is 0 Å². The highest BCUT2D eigenvalue weighted by atomic mass is 16.5. The van der Waals surface area contributed by atoms with Crippen molar-refractivity contribution in [3.8, 4) is 23.0 Å². The van der Waals surface area contributed by atoms with Crippen molar-refractivity contribution in [1.29, 1.82) is 0 Å². The van der Waals surface area contributed by atoms with Gasteiger partial charge in [-0.3, -0.25) is 0 Å². The van der Waals surface area contributed by atoms with Crippen LogP contribution in [0.15, 0.2) is 127 Å². The molecule has 3 N–H and O–H groups in total. The fourth-order valence-electron chi connectivity index (χ4n) is 4.90. The molecule has 5 aromatic rings. The van der Waals surface area contributed by atoms with Gasteiger partial charge in [-0.2, -0.15) is 0 Å². The zero-order valence-corrected chi connectivity index (χ0v) is 20.9. The summed E-state index contributed by atoms with van der Waals surface area (Å²) >= 11 is 0. The molecule has 0 bridgehead atoms. The van der Waals surface area contributed by atoms with Crippen molar-refractivity contribution < 1.29 is 20.1 Å². The molecule has 4 heteroatoms. The minimum Gasteiger partial charge on any atom is -0.508 e. The summed E-state index contributed by atoms with van der Waals surface area (Å²) in [6.45, 7) is 0.592. The van der Waals surface area contributed by atoms with E-state index in [0.29, 0.717) is 6.61 Å². The predicted octanol–water partition coefficient (Wildman–Crippen LogP) is 7.39. The number of phenols is 3. The molecule has 0 aliphatic heterocycles. The fraction of sp³-hybridized carbons (Fsp3) is 0.118. The van der Waals surface area contributed by atoms with Crippen LogP contribution in [0.5, 0.6) is 23.0 Å². The molecule has 0 amide bonds. The van der Waals surface area contributed by atoms with Crippen molar-refractivity contribution in [2.24, 2.45) is 0 Å². The van der Waals surface area contributed by atoms with E-state index >= 15 is 0 Å². The smallest absolute Gasteiger partial charge is 0.119 e. The first-order valence-corrected chi connectivity index (χ1v) is 12.7. The van der Waals surface area contributed by atoms with E-state index in [2.05, 4.69) is 24.3 Å². The Bertz CT molecular complexity index is 1380. The molecule has 0 fully saturated rings. The summed E-state index contributed by atoms with van der Waals surface area (Å²) in [5, 5.41) is 29.9. The number of rotatable bonds is 9. The van der Waals surface area contributed by atoms with Gasteiger partial charge >= 0.3 is 0 Å². The predicted molar refractivity (Wildman–Crippen MR) is 150 cm³/mol. The number of hydrogen-bond acceptors (Lipinski definition) is 4. The van der Waals surface area contributed by atoms with Gasteiger partial charge in [-0.05, 0) is 76.3 Å². The van der Waals surface area contributed by atoms with Gasteiger partial charge in [0.2, 0.25) is 0 Å². The molecule has 4 nitrogen and oxygen atoms in total. The van der Waals surface area contributed by atoms with E-state index in [4.69, 9.17) is 4.74 Å². The van der Waals surface area contributed by atoms with Crippen LogP contribution in [-0.2, 0) is 6.42 Å². The van der Waals surface area contributed by atoms with Crippen molar-refractivity contribution >= 4 is 0 Å². The highest BCUT2D eigenvalue weighted by molar-refractivity contribution is 5.48. The molecule has 0 saturated carbocycles. The van der Waals surface area contributed by atoms with Crippen molar-refractivity contribution in [3.63, 3.8) is 0 Å². The summed E-state index contributed by atoms with van der Waals surface area (Å²) in [6.07, 6.45) is 0.836. The van der Waals surface area contributed by atoms with Crippen LogP contribution >= 0.6 is 0 Å². The van der Waals surface area contributed by atoms with E-state index in [1.54, 1.807) is 36.4 Å². The molecule has 1 unspecified atom stereocenters. The van der Waals surface area contributed by atoms with Crippen LogP contribution in [0, 0.1) is 0 Å². The molecule has 190 valence electrons. The van der Waals surface area contributed by atoms with Gasteiger partial charge < -0.3 is 20.1 Å². The lowest BCUT2D eigenvalue weighted by molar-refractivity contribution is 0.322. The number of hydrogen-bond donors (Lipinski definition) is 3. The van der Waals surface area contributed by atoms with Gasteiger partial charge in [0.05, 0.1) is 6.61 Å². The van der Waals surface area contributed by atoms with Crippen LogP contribution in [0.1, 0.15) is 39.7 Å². The molecular formula is C34H30O4. The van der Waals surface area contributed by atoms with Crippen LogP contribution < -0.4 is 4.74 Å². The highest BCUT2D eigenvalue weighted by Crippen LogP contribution is 2.44. The van der Waals surface area contributed by atoms with Gasteiger partial charge in [-0.1, -0.05) is 78.9 Å². The molecule has 1 atom stereocenters. The molecule has 0 saturated heterocycles. The van der Waals surface area contributed by atoms with Crippen molar-refractivity contribution in [2.75, 3.05) is 6.61 Å². The average Bonchev–Trinajstić information content (AvgIpc) is 2.95. The van der Waals surface area contributed by atoms with Gasteiger partial charge in [0, 0.05) is 18.3 Å². The summed E-state index contributed by atoms with van der Waals surface area (Å²) in [6, 6.07) is 40.2. The van der Waals surface area contributed by atoms with E-state index in [1.807, 2.05) is 66.7 Å². The summed E-state index contributed by atoms with van der Waals surface area (Å²) < 4.78 is 6.03. The first-order valence-electron chi connectivity index (χ1n) is 12.7. The Morgan fingerprint density at radius 2 is 0.816 bits per heavy atom. The molecular weight excluding hydrogens is 472 g/mol. The third-order valence-electron chi connectivity index (χ3n) is 6.83. The monoisotopic (exact) mass is 502 g/mol. The second-order valence-corrected chi connectivity index (χ2v) is 9.38. The van der Waals surface area contributed by atoms with Crippen molar-refractivity contribution in [2.45, 2.75) is 18.3 Å². The minimum absolute atomic E-state index is 0.108. The maximum Gasteiger partial charge on any atom is 0.119 e. The Morgan fingerprint density at radius 1 is 0.447 bits per heavy atom. The average molecular weight is 503 g/mol. The van der Waals surface area contributed by atoms with Gasteiger partial charge in [0.15, 0.2) is 0 Å². The molecule has 0 spiro atoms. The Hall–Kier alpha value is -4.70. The molecule has 0 aromatic heterocycles. The van der Waals surface area contributed by atoms with E-state index in [9.17, 15) is 15.3 Å². The first kappa shape index (κ1) is 25.0. The van der Waals surface area contributed by atoms with Gasteiger partial charge in [0.1, 0.15) is 23.0 Å². The lowest BCUT2D eigenvalue weighted by Crippen LogP contribution is -2.15. The van der Waals surface area contributed by atoms with E-state index < -0.39 is 0 Å². The Morgan fingerprint density at radius 3 is 1.21 bits per heavy atom. The number of ether oxygens (including phenoxy) is 1. The molecule has 38 heavy (non-hydrogen) atoms. The van der Waals surface area contributed by atoms with E-state index in [-0.39, 0.29) is 29.1 Å². The standard InChI is InChI=1S/C34H30O4/c35-29-14-6-25(7-15-29)33(26-8-16-30(36)17-9-26)34(27-10-18-31(37)19-11-27)28-12-20-32(21-13-28)38-23-22-24-4-2-1-3-5-24/h1-21,33-37H,22-23H2. The minimum atomic E-state index is -0.120. The third-order valence-corrected chi connectivity index (χ3v) is 6.83. The molecule has 0 aliphatic rings. The molecule has 0 heterocycles. The summed E-state index contributed by atoms with van der Waals surface area (Å²) in [4.78, 5) is 0. The van der Waals surface area contributed by atoms with Crippen LogP contribution in [0.25, 0.3) is 0 Å². The van der Waals surface area contributed by atoms with Crippen LogP contribution in [-0.4, -0.2) is 21.9 Å². The van der Waals surface area contributed by atoms with Gasteiger partial charge in [0.25, 0.3) is 0 Å². The maximum atomic E-state index is 9.97. The van der Waals surface area contributed by atoms with Crippen LogP contribution in [0.2, 0.25) is 0 Å². The number of phenolic OH excluding ortho intramolecular Hbond substituents is 3. The van der Waals surface area contributed by atoms with Gasteiger partial charge in [-0.25, -0.2) is 0 Å². The normalized spacial score (nSPS) is 11.8. The topological polar surface area (TPSA) is 69.9 Å². The SMILES string of the molecule is Oc1ccc(C(c2ccc(O)cc2)C(c2ccc(O)cc2)c2ccc(OCCc3ccccc3)cc2)cc1. The molecule has 5 aromatic carbocycles. The summed E-state index contributed by atoms with van der Waals surface area (Å²) in [5.41, 5.74) is 5.40. The number of benzene rings is 5. The second-order valence-electron chi connectivity index (χ2n) is 9.38. The zero-order chi connectivity index (χ0) is 26.3. The van der Waals surface area contributed by atoms with Crippen LogP contribution in [0.4, 0.5) is 0 Å². The second kappa shape index (κ2) is 11.6. The first-order chi connectivity index (χ1) is 18.6. The third kappa shape index (κ3) is 5.98. The lowest BCUT2D eigenvalue weighted by Gasteiger charge is -2.30. The highest BCUT2D eigenvalue weighted by Gasteiger charge is 2.28. The van der Waals surface area contributed by atoms with Crippen molar-refractivity contribution in [3.05, 3.63) is 155 Å². The Balaban J connectivity index is 1.50. The Kier molecular flexibility index (Phi) is 7.60. The largest absolute Gasteiger partial charge is 0.508 e. The van der Waals surface area contributed by atoms with Gasteiger partial charge in [-0.15, -0.1) is 0 Å². The quantitative estimate of drug-likeness (QED) is 0.197. The molecule has 5 rings (SSSR count). The molecule has 0 radical (unpaired) electrons. The van der Waals surface area contributed by atoms with E-state index in [1.165, 1.54) is 5.56 Å². The fourth-order valence-corrected chi connectivity index (χ4v) is 4.90. The number of aromatic hydroxyl groups is 3. The van der Waals surface area contributed by atoms with Crippen molar-refractivity contribution in [1.82, 2.24) is 0 Å². The maximum absolute atomic E-state index is 9.97. The van der Waals surface area contributed by atoms with E-state index in [0.717, 1.165) is 34.4 Å². The lowest BCUT2D eigenvalue weighted by atomic mass is 9.73. The zero-order valence-electron chi connectivity index (χ0n) is 20.9.